The number of benzene rings is 1. The summed E-state index contributed by atoms with van der Waals surface area (Å²) in [5.74, 6) is -0.0286. The number of Topliss-reactive ketones (excluding diaryl/α,β-unsaturated/α-hetero) is 1. The molecule has 4 aliphatic rings. The van der Waals surface area contributed by atoms with E-state index in [9.17, 15) is 22.4 Å². The van der Waals surface area contributed by atoms with Crippen molar-refractivity contribution in [3.05, 3.63) is 30.1 Å². The summed E-state index contributed by atoms with van der Waals surface area (Å²) in [5, 5.41) is 0. The van der Waals surface area contributed by atoms with Crippen LogP contribution in [0.3, 0.4) is 0 Å². The molecule has 32 heavy (non-hydrogen) atoms. The maximum atomic E-state index is 14.3. The lowest BCUT2D eigenvalue weighted by Gasteiger charge is -2.59. The van der Waals surface area contributed by atoms with E-state index in [1.807, 2.05) is 0 Å². The van der Waals surface area contributed by atoms with Crippen molar-refractivity contribution in [3.8, 4) is 0 Å². The minimum absolute atomic E-state index is 0.0553. The summed E-state index contributed by atoms with van der Waals surface area (Å²) in [6.07, 6.45) is 4.63. The zero-order valence-corrected chi connectivity index (χ0v) is 19.8. The second-order valence-electron chi connectivity index (χ2n) is 10.6. The molecule has 4 bridgehead atoms. The summed E-state index contributed by atoms with van der Waals surface area (Å²) in [4.78, 5) is 25.3. The van der Waals surface area contributed by atoms with E-state index in [1.165, 1.54) is 18.2 Å². The smallest absolute Gasteiger partial charge is 0.246 e. The van der Waals surface area contributed by atoms with Gasteiger partial charge < -0.3 is 5.73 Å². The largest absolute Gasteiger partial charge is 0.369 e. The lowest BCUT2D eigenvalue weighted by atomic mass is 9.45. The number of rotatable bonds is 8. The Balaban J connectivity index is 1.56. The molecule has 6 nitrogen and oxygen atoms in total. The fourth-order valence-electron chi connectivity index (χ4n) is 7.01. The number of halogens is 1. The van der Waals surface area contributed by atoms with E-state index >= 15 is 0 Å². The molecule has 0 aliphatic heterocycles. The Morgan fingerprint density at radius 1 is 1.16 bits per heavy atom. The zero-order valence-electron chi connectivity index (χ0n) is 19.0. The van der Waals surface area contributed by atoms with Gasteiger partial charge in [0.25, 0.3) is 0 Å². The average molecular weight is 465 g/mol. The summed E-state index contributed by atoms with van der Waals surface area (Å²) in [6.45, 7) is 4.93. The molecule has 4 fully saturated rings. The summed E-state index contributed by atoms with van der Waals surface area (Å²) in [5.41, 5.74) is 4.04. The second kappa shape index (κ2) is 7.90. The highest BCUT2D eigenvalue weighted by Crippen LogP contribution is 2.63. The van der Waals surface area contributed by atoms with E-state index in [0.717, 1.165) is 42.5 Å². The zero-order chi connectivity index (χ0) is 23.5. The van der Waals surface area contributed by atoms with Gasteiger partial charge >= 0.3 is 0 Å². The van der Waals surface area contributed by atoms with Crippen molar-refractivity contribution in [2.24, 2.45) is 34.8 Å². The number of sulfonamides is 1. The third-order valence-corrected chi connectivity index (χ3v) is 10.6. The quantitative estimate of drug-likeness (QED) is 0.637. The van der Waals surface area contributed by atoms with Crippen LogP contribution >= 0.6 is 0 Å². The molecule has 1 aromatic rings. The predicted molar refractivity (Wildman–Crippen MR) is 118 cm³/mol. The highest BCUT2D eigenvalue weighted by molar-refractivity contribution is 7.89. The molecule has 1 aromatic carbocycles. The number of hydrogen-bond acceptors (Lipinski definition) is 4. The number of nitrogens with two attached hydrogens (primary N) is 1. The van der Waals surface area contributed by atoms with Crippen molar-refractivity contribution in [1.82, 2.24) is 4.31 Å². The third kappa shape index (κ3) is 3.59. The number of carbonyl (C=O) groups excluding carboxylic acids is 2. The monoisotopic (exact) mass is 464 g/mol. The van der Waals surface area contributed by atoms with Crippen molar-refractivity contribution >= 4 is 21.7 Å². The predicted octanol–water partition coefficient (Wildman–Crippen LogP) is 3.50. The van der Waals surface area contributed by atoms with Gasteiger partial charge in [-0.15, -0.1) is 0 Å². The minimum atomic E-state index is -4.19. The molecule has 176 valence electrons. The Morgan fingerprint density at radius 2 is 1.75 bits per heavy atom. The molecule has 2 N–H and O–H groups in total. The molecule has 2 unspecified atom stereocenters. The Kier molecular flexibility index (Phi) is 5.77. The number of ketones is 1. The van der Waals surface area contributed by atoms with Gasteiger partial charge in [0.1, 0.15) is 10.7 Å². The van der Waals surface area contributed by atoms with Crippen LogP contribution in [0.1, 0.15) is 59.3 Å². The summed E-state index contributed by atoms with van der Waals surface area (Å²) < 4.78 is 42.0. The number of primary amides is 1. The van der Waals surface area contributed by atoms with Gasteiger partial charge in [-0.3, -0.25) is 9.59 Å². The molecule has 5 rings (SSSR count). The maximum Gasteiger partial charge on any atom is 0.246 e. The lowest BCUT2D eigenvalue weighted by Crippen LogP contribution is -2.58. The van der Waals surface area contributed by atoms with Crippen LogP contribution in [0.5, 0.6) is 0 Å². The van der Waals surface area contributed by atoms with Gasteiger partial charge in [0.15, 0.2) is 5.78 Å². The van der Waals surface area contributed by atoms with E-state index in [-0.39, 0.29) is 42.4 Å². The van der Waals surface area contributed by atoms with Crippen LogP contribution < -0.4 is 5.73 Å². The van der Waals surface area contributed by atoms with Crippen molar-refractivity contribution in [2.75, 3.05) is 6.54 Å². The van der Waals surface area contributed by atoms with Gasteiger partial charge in [0, 0.05) is 18.4 Å². The van der Waals surface area contributed by atoms with Crippen molar-refractivity contribution < 1.29 is 22.4 Å². The SMILES string of the molecule is CCN(C(C)(C)C(=O)CC1C2CC3CC1CC(C(N)=O)(C3)C2)S(=O)(=O)c1ccccc1F. The van der Waals surface area contributed by atoms with Crippen LogP contribution in [0.25, 0.3) is 0 Å². The number of nitrogens with zero attached hydrogens (tertiary/aromatic N) is 1. The fraction of sp³-hybridized carbons (Fsp3) is 0.667. The first-order valence-corrected chi connectivity index (χ1v) is 13.0. The molecule has 0 radical (unpaired) electrons. The Labute approximate surface area is 189 Å². The first-order chi connectivity index (χ1) is 14.9. The van der Waals surface area contributed by atoms with Gasteiger partial charge in [-0.05, 0) is 81.8 Å². The second-order valence-corrected chi connectivity index (χ2v) is 12.4. The molecule has 0 aromatic heterocycles. The normalized spacial score (nSPS) is 31.8. The van der Waals surface area contributed by atoms with E-state index in [4.69, 9.17) is 5.73 Å². The number of carbonyl (C=O) groups is 2. The van der Waals surface area contributed by atoms with E-state index < -0.39 is 31.7 Å². The summed E-state index contributed by atoms with van der Waals surface area (Å²) >= 11 is 0. The Hall–Kier alpha value is -1.80. The van der Waals surface area contributed by atoms with E-state index in [1.54, 1.807) is 20.8 Å². The molecule has 4 saturated carbocycles. The Morgan fingerprint density at radius 3 is 2.28 bits per heavy atom. The number of hydrogen-bond donors (Lipinski definition) is 1. The molecule has 2 atom stereocenters. The molecule has 8 heteroatoms. The third-order valence-electron chi connectivity index (χ3n) is 8.41. The number of amides is 1. The van der Waals surface area contributed by atoms with Crippen LogP contribution in [-0.2, 0) is 19.6 Å². The van der Waals surface area contributed by atoms with E-state index in [2.05, 4.69) is 0 Å². The molecule has 1 amide bonds. The average Bonchev–Trinajstić information content (AvgIpc) is 2.70. The highest BCUT2D eigenvalue weighted by atomic mass is 32.2. The van der Waals surface area contributed by atoms with Crippen molar-refractivity contribution in [2.45, 2.75) is 69.7 Å². The first kappa shape index (κ1) is 23.4. The topological polar surface area (TPSA) is 97.5 Å². The number of likely N-dealkylation sites (N-methyl/N-ethyl adjacent to an activating group) is 1. The molecular formula is C24H33FN2O4S. The molecule has 0 heterocycles. The van der Waals surface area contributed by atoms with Crippen molar-refractivity contribution in [1.29, 1.82) is 0 Å². The maximum absolute atomic E-state index is 14.3. The fourth-order valence-corrected chi connectivity index (χ4v) is 8.85. The standard InChI is InChI=1S/C24H33FN2O4S/c1-4-27(32(30,31)20-8-6-5-7-19(20)25)23(2,3)21(28)11-18-16-9-15-10-17(18)14-24(12-15,13-16)22(26)29/h5-8,15-18H,4,9-14H2,1-3H3,(H2,26,29). The van der Waals surface area contributed by atoms with Gasteiger partial charge in [-0.2, -0.15) is 4.31 Å². The van der Waals surface area contributed by atoms with Crippen LogP contribution in [0, 0.1) is 34.9 Å². The van der Waals surface area contributed by atoms with Crippen LogP contribution in [0.2, 0.25) is 0 Å². The highest BCUT2D eigenvalue weighted by Gasteiger charge is 2.58. The van der Waals surface area contributed by atoms with Gasteiger partial charge in [0.2, 0.25) is 15.9 Å². The molecular weight excluding hydrogens is 431 g/mol. The summed E-state index contributed by atoms with van der Waals surface area (Å²) in [7, 11) is -4.19. The van der Waals surface area contributed by atoms with E-state index in [0.29, 0.717) is 5.92 Å². The van der Waals surface area contributed by atoms with Crippen LogP contribution in [0.15, 0.2) is 29.2 Å². The van der Waals surface area contributed by atoms with Gasteiger partial charge in [0.05, 0.1) is 5.54 Å². The van der Waals surface area contributed by atoms with Crippen LogP contribution in [0.4, 0.5) is 4.39 Å². The molecule has 0 spiro atoms. The van der Waals surface area contributed by atoms with Crippen molar-refractivity contribution in [3.63, 3.8) is 0 Å². The molecule has 0 saturated heterocycles. The summed E-state index contributed by atoms with van der Waals surface area (Å²) in [6, 6.07) is 5.25. The lowest BCUT2D eigenvalue weighted by molar-refractivity contribution is -0.152. The van der Waals surface area contributed by atoms with Gasteiger partial charge in [-0.25, -0.2) is 12.8 Å². The first-order valence-electron chi connectivity index (χ1n) is 11.5. The molecule has 4 aliphatic carbocycles. The minimum Gasteiger partial charge on any atom is -0.369 e. The van der Waals surface area contributed by atoms with Gasteiger partial charge in [-0.1, -0.05) is 19.1 Å². The Bertz CT molecular complexity index is 1020. The van der Waals surface area contributed by atoms with Crippen LogP contribution in [-0.4, -0.2) is 36.5 Å².